The van der Waals surface area contributed by atoms with Gasteiger partial charge in [0.05, 0.1) is 24.3 Å². The second-order valence-corrected chi connectivity index (χ2v) is 8.56. The summed E-state index contributed by atoms with van der Waals surface area (Å²) in [5.74, 6) is 0.881. The minimum atomic E-state index is -4.47. The highest BCUT2D eigenvalue weighted by molar-refractivity contribution is 5.91. The molecule has 0 N–H and O–H groups in total. The molecule has 1 aliphatic heterocycles. The Bertz CT molecular complexity index is 1050. The molecule has 2 aromatic rings. The molecule has 3 nitrogen and oxygen atoms in total. The van der Waals surface area contributed by atoms with E-state index in [4.69, 9.17) is 4.74 Å². The fourth-order valence-electron chi connectivity index (χ4n) is 4.61. The summed E-state index contributed by atoms with van der Waals surface area (Å²) < 4.78 is 45.0. The number of allylic oxidation sites excluding steroid dienone is 1. The Morgan fingerprint density at radius 1 is 1.29 bits per heavy atom. The predicted molar refractivity (Wildman–Crippen MR) is 118 cm³/mol. The number of nitriles is 1. The zero-order chi connectivity index (χ0) is 23.0. The molecule has 1 unspecified atom stereocenters. The number of hydrogen-bond donors (Lipinski definition) is 0. The standard InChI is InChI=1S/C25H27F3N2O/c1-6-30-22-13-23(31-5)18(12-21(22)16(2)14-24(30,3)4)10-19(15-29)17-8-7-9-20(11-17)25(26,27)28/h7-13,16H,6,14H2,1-5H3/b19-10+. The van der Waals surface area contributed by atoms with Crippen LogP contribution in [0.4, 0.5) is 18.9 Å². The Labute approximate surface area is 181 Å². The third-order valence-corrected chi connectivity index (χ3v) is 5.97. The van der Waals surface area contributed by atoms with Gasteiger partial charge in [0.25, 0.3) is 0 Å². The van der Waals surface area contributed by atoms with Crippen LogP contribution in [0.5, 0.6) is 5.75 Å². The Balaban J connectivity index is 2.14. The van der Waals surface area contributed by atoms with Crippen LogP contribution in [0.15, 0.2) is 36.4 Å². The Hall–Kier alpha value is -2.94. The molecule has 1 atom stereocenters. The first-order valence-corrected chi connectivity index (χ1v) is 10.3. The van der Waals surface area contributed by atoms with Crippen molar-refractivity contribution in [2.45, 2.75) is 51.7 Å². The van der Waals surface area contributed by atoms with E-state index in [9.17, 15) is 18.4 Å². The lowest BCUT2D eigenvalue weighted by atomic mass is 9.79. The molecule has 0 amide bonds. The largest absolute Gasteiger partial charge is 0.496 e. The van der Waals surface area contributed by atoms with Crippen LogP contribution in [-0.2, 0) is 6.18 Å². The molecule has 1 aliphatic rings. The highest BCUT2D eigenvalue weighted by Gasteiger charge is 2.36. The number of ether oxygens (including phenoxy) is 1. The molecule has 31 heavy (non-hydrogen) atoms. The maximum atomic E-state index is 13.1. The van der Waals surface area contributed by atoms with Gasteiger partial charge < -0.3 is 9.64 Å². The summed E-state index contributed by atoms with van der Waals surface area (Å²) in [4.78, 5) is 2.34. The second kappa shape index (κ2) is 8.30. The Morgan fingerprint density at radius 3 is 2.58 bits per heavy atom. The number of halogens is 3. The maximum absolute atomic E-state index is 13.1. The molecule has 0 spiro atoms. The molecule has 0 bridgehead atoms. The average Bonchev–Trinajstić information content (AvgIpc) is 2.70. The topological polar surface area (TPSA) is 36.3 Å². The van der Waals surface area contributed by atoms with Crippen molar-refractivity contribution in [2.24, 2.45) is 0 Å². The molecule has 0 saturated carbocycles. The van der Waals surface area contributed by atoms with Gasteiger partial charge >= 0.3 is 6.18 Å². The van der Waals surface area contributed by atoms with Crippen LogP contribution < -0.4 is 9.64 Å². The highest BCUT2D eigenvalue weighted by Crippen LogP contribution is 2.46. The van der Waals surface area contributed by atoms with Gasteiger partial charge in [-0.25, -0.2) is 0 Å². The van der Waals surface area contributed by atoms with E-state index in [1.165, 1.54) is 12.1 Å². The summed E-state index contributed by atoms with van der Waals surface area (Å²) >= 11 is 0. The fourth-order valence-corrected chi connectivity index (χ4v) is 4.61. The molecule has 6 heteroatoms. The van der Waals surface area contributed by atoms with E-state index in [1.54, 1.807) is 13.2 Å². The number of benzene rings is 2. The number of methoxy groups -OCH3 is 1. The fraction of sp³-hybridized carbons (Fsp3) is 0.400. The quantitative estimate of drug-likeness (QED) is 0.393. The van der Waals surface area contributed by atoms with Gasteiger partial charge in [0.1, 0.15) is 5.75 Å². The third kappa shape index (κ3) is 4.41. The molecule has 0 radical (unpaired) electrons. The van der Waals surface area contributed by atoms with Crippen LogP contribution in [0.25, 0.3) is 11.6 Å². The summed E-state index contributed by atoms with van der Waals surface area (Å²) in [6.07, 6.45) is -1.88. The normalized spacial score (nSPS) is 18.4. The maximum Gasteiger partial charge on any atom is 0.416 e. The summed E-state index contributed by atoms with van der Waals surface area (Å²) in [6.45, 7) is 9.57. The first kappa shape index (κ1) is 22.7. The van der Waals surface area contributed by atoms with E-state index in [0.29, 0.717) is 17.2 Å². The van der Waals surface area contributed by atoms with Crippen molar-refractivity contribution in [3.63, 3.8) is 0 Å². The molecule has 164 valence electrons. The first-order valence-electron chi connectivity index (χ1n) is 10.3. The average molecular weight is 428 g/mol. The van der Waals surface area contributed by atoms with E-state index < -0.39 is 11.7 Å². The van der Waals surface area contributed by atoms with Gasteiger partial charge in [-0.05, 0) is 68.5 Å². The summed E-state index contributed by atoms with van der Waals surface area (Å²) in [7, 11) is 1.56. The summed E-state index contributed by atoms with van der Waals surface area (Å²) in [5.41, 5.74) is 2.52. The molecule has 0 saturated heterocycles. The number of hydrogen-bond acceptors (Lipinski definition) is 3. The van der Waals surface area contributed by atoms with E-state index in [0.717, 1.165) is 36.3 Å². The molecular weight excluding hydrogens is 401 g/mol. The van der Waals surface area contributed by atoms with E-state index >= 15 is 0 Å². The number of anilines is 1. The van der Waals surface area contributed by atoms with Crippen molar-refractivity contribution in [1.29, 1.82) is 5.26 Å². The SMILES string of the molecule is CCN1c2cc(OC)c(/C=C(\C#N)c3cccc(C(F)(F)F)c3)cc2C(C)CC1(C)C. The van der Waals surface area contributed by atoms with Gasteiger partial charge in [-0.15, -0.1) is 0 Å². The summed E-state index contributed by atoms with van der Waals surface area (Å²) in [5, 5.41) is 9.69. The second-order valence-electron chi connectivity index (χ2n) is 8.56. The van der Waals surface area contributed by atoms with Gasteiger partial charge in [-0.2, -0.15) is 18.4 Å². The molecule has 2 aromatic carbocycles. The van der Waals surface area contributed by atoms with Gasteiger partial charge in [-0.1, -0.05) is 19.1 Å². The van der Waals surface area contributed by atoms with Crippen LogP contribution in [0.3, 0.4) is 0 Å². The monoisotopic (exact) mass is 428 g/mol. The smallest absolute Gasteiger partial charge is 0.416 e. The predicted octanol–water partition coefficient (Wildman–Crippen LogP) is 6.89. The van der Waals surface area contributed by atoms with E-state index in [2.05, 4.69) is 32.6 Å². The van der Waals surface area contributed by atoms with Crippen molar-refractivity contribution in [1.82, 2.24) is 0 Å². The lowest BCUT2D eigenvalue weighted by Gasteiger charge is -2.47. The minimum Gasteiger partial charge on any atom is -0.496 e. The van der Waals surface area contributed by atoms with Crippen LogP contribution in [-0.4, -0.2) is 19.2 Å². The zero-order valence-electron chi connectivity index (χ0n) is 18.5. The van der Waals surface area contributed by atoms with E-state index in [-0.39, 0.29) is 16.7 Å². The van der Waals surface area contributed by atoms with Crippen LogP contribution >= 0.6 is 0 Å². The van der Waals surface area contributed by atoms with E-state index in [1.807, 2.05) is 18.2 Å². The van der Waals surface area contributed by atoms with Crippen molar-refractivity contribution in [3.8, 4) is 11.8 Å². The molecular formula is C25H27F3N2O. The van der Waals surface area contributed by atoms with Crippen molar-refractivity contribution < 1.29 is 17.9 Å². The number of nitrogens with zero attached hydrogens (tertiary/aromatic N) is 2. The number of rotatable bonds is 4. The molecule has 0 aromatic heterocycles. The van der Waals surface area contributed by atoms with Gasteiger partial charge in [-0.3, -0.25) is 0 Å². The van der Waals surface area contributed by atoms with Crippen molar-refractivity contribution in [2.75, 3.05) is 18.6 Å². The first-order chi connectivity index (χ1) is 14.5. The van der Waals surface area contributed by atoms with Crippen molar-refractivity contribution >= 4 is 17.3 Å². The lowest BCUT2D eigenvalue weighted by molar-refractivity contribution is -0.137. The van der Waals surface area contributed by atoms with Crippen LogP contribution in [0.1, 0.15) is 62.3 Å². The number of fused-ring (bicyclic) bond motifs is 1. The van der Waals surface area contributed by atoms with Crippen molar-refractivity contribution in [3.05, 3.63) is 58.7 Å². The Kier molecular flexibility index (Phi) is 6.09. The van der Waals surface area contributed by atoms with Crippen LogP contribution in [0.2, 0.25) is 0 Å². The zero-order valence-corrected chi connectivity index (χ0v) is 18.5. The highest BCUT2D eigenvalue weighted by atomic mass is 19.4. The third-order valence-electron chi connectivity index (χ3n) is 5.97. The van der Waals surface area contributed by atoms with Gasteiger partial charge in [0, 0.05) is 29.4 Å². The van der Waals surface area contributed by atoms with Crippen LogP contribution in [0, 0.1) is 11.3 Å². The van der Waals surface area contributed by atoms with Gasteiger partial charge in [0.15, 0.2) is 0 Å². The molecule has 0 fully saturated rings. The number of alkyl halides is 3. The Morgan fingerprint density at radius 2 is 2.00 bits per heavy atom. The molecule has 1 heterocycles. The van der Waals surface area contributed by atoms with Gasteiger partial charge in [0.2, 0.25) is 0 Å². The summed E-state index contributed by atoms with van der Waals surface area (Å²) in [6, 6.07) is 10.9. The minimum absolute atomic E-state index is 0.000612. The molecule has 0 aliphatic carbocycles. The molecule has 3 rings (SSSR count). The lowest BCUT2D eigenvalue weighted by Crippen LogP contribution is -2.48.